The van der Waals surface area contributed by atoms with E-state index in [0.29, 0.717) is 11.4 Å². The molecule has 2 heterocycles. The maximum absolute atomic E-state index is 12.4. The van der Waals surface area contributed by atoms with Gasteiger partial charge in [0.2, 0.25) is 0 Å². The van der Waals surface area contributed by atoms with E-state index in [4.69, 9.17) is 4.74 Å². The second kappa shape index (κ2) is 7.11. The number of benzene rings is 1. The number of methoxy groups -OCH3 is 1. The van der Waals surface area contributed by atoms with E-state index in [-0.39, 0.29) is 21.7 Å². The predicted molar refractivity (Wildman–Crippen MR) is 104 cm³/mol. The van der Waals surface area contributed by atoms with Crippen LogP contribution in [0.1, 0.15) is 37.7 Å². The summed E-state index contributed by atoms with van der Waals surface area (Å²) < 4.78 is 5.11. The Labute approximate surface area is 155 Å². The molecule has 3 rings (SSSR count). The Morgan fingerprint density at radius 1 is 0.963 bits per heavy atom. The number of H-pyrrole nitrogens is 3. The average molecular weight is 366 g/mol. The summed E-state index contributed by atoms with van der Waals surface area (Å²) in [6.07, 6.45) is 4.76. The molecule has 0 unspecified atom stereocenters. The molecular weight excluding hydrogens is 344 g/mol. The van der Waals surface area contributed by atoms with Crippen molar-refractivity contribution in [3.05, 3.63) is 78.9 Å². The molecule has 0 aliphatic heterocycles. The first-order valence-corrected chi connectivity index (χ1v) is 8.52. The quantitative estimate of drug-likeness (QED) is 0.636. The van der Waals surface area contributed by atoms with Crippen molar-refractivity contribution in [3.8, 4) is 5.75 Å². The Kier molecular flexibility index (Phi) is 4.85. The van der Waals surface area contributed by atoms with E-state index in [1.54, 1.807) is 49.9 Å². The third-order valence-electron chi connectivity index (χ3n) is 4.11. The van der Waals surface area contributed by atoms with E-state index in [9.17, 15) is 9.59 Å². The number of nitrogens with one attached hydrogen (secondary N) is 3. The van der Waals surface area contributed by atoms with Crippen LogP contribution in [0.4, 0.5) is 0 Å². The highest BCUT2D eigenvalue weighted by molar-refractivity contribution is 5.50. The summed E-state index contributed by atoms with van der Waals surface area (Å²) in [5.74, 6) is 0.716. The van der Waals surface area contributed by atoms with Gasteiger partial charge in [-0.2, -0.15) is 0 Å². The zero-order chi connectivity index (χ0) is 19.6. The first-order valence-electron chi connectivity index (χ1n) is 8.52. The molecule has 7 nitrogen and oxygen atoms in total. The van der Waals surface area contributed by atoms with Crippen LogP contribution in [0, 0.1) is 0 Å². The van der Waals surface area contributed by atoms with E-state index < -0.39 is 5.56 Å². The fraction of sp³-hybridized carbons (Fsp3) is 0.250. The first kappa shape index (κ1) is 18.4. The van der Waals surface area contributed by atoms with Gasteiger partial charge in [0.1, 0.15) is 16.4 Å². The summed E-state index contributed by atoms with van der Waals surface area (Å²) in [5, 5.41) is 0.338. The molecule has 3 N–H and O–H groups in total. The molecule has 140 valence electrons. The summed E-state index contributed by atoms with van der Waals surface area (Å²) in [5.41, 5.74) is 1.34. The number of imidazole rings is 1. The zero-order valence-electron chi connectivity index (χ0n) is 15.7. The van der Waals surface area contributed by atoms with Gasteiger partial charge in [0.25, 0.3) is 11.1 Å². The minimum absolute atomic E-state index is 0.157. The van der Waals surface area contributed by atoms with Crippen LogP contribution >= 0.6 is 0 Å². The van der Waals surface area contributed by atoms with E-state index in [2.05, 4.69) is 19.9 Å². The molecule has 0 saturated heterocycles. The number of ether oxygens (including phenoxy) is 1. The van der Waals surface area contributed by atoms with E-state index >= 15 is 0 Å². The van der Waals surface area contributed by atoms with E-state index in [1.807, 2.05) is 20.8 Å². The van der Waals surface area contributed by atoms with Crippen molar-refractivity contribution < 1.29 is 4.74 Å². The summed E-state index contributed by atoms with van der Waals surface area (Å²) in [6.45, 7) is 6.12. The molecule has 2 aromatic heterocycles. The number of aromatic nitrogens is 4. The molecule has 27 heavy (non-hydrogen) atoms. The molecule has 3 aromatic rings. The van der Waals surface area contributed by atoms with Crippen LogP contribution in [-0.4, -0.2) is 27.0 Å². The van der Waals surface area contributed by atoms with Gasteiger partial charge in [-0.25, -0.2) is 4.98 Å². The van der Waals surface area contributed by atoms with Crippen molar-refractivity contribution in [1.82, 2.24) is 19.9 Å². The number of nitrogens with zero attached hydrogens (tertiary/aromatic N) is 1. The van der Waals surface area contributed by atoms with Crippen molar-refractivity contribution in [1.29, 1.82) is 0 Å². The average Bonchev–Trinajstić information content (AvgIpc) is 3.08. The van der Waals surface area contributed by atoms with Gasteiger partial charge in [0.15, 0.2) is 0 Å². The molecule has 1 aromatic carbocycles. The molecule has 0 amide bonds. The van der Waals surface area contributed by atoms with Gasteiger partial charge in [-0.15, -0.1) is 0 Å². The molecular formula is C20H22N4O3. The van der Waals surface area contributed by atoms with E-state index in [1.165, 1.54) is 0 Å². The molecule has 0 saturated carbocycles. The Balaban J connectivity index is 2.08. The molecule has 0 atom stereocenters. The first-order chi connectivity index (χ1) is 12.8. The van der Waals surface area contributed by atoms with Gasteiger partial charge in [-0.3, -0.25) is 9.59 Å². The van der Waals surface area contributed by atoms with Crippen LogP contribution < -0.4 is 26.6 Å². The Hall–Kier alpha value is -3.35. The number of aromatic amines is 3. The number of hydrogen-bond acceptors (Lipinski definition) is 4. The van der Waals surface area contributed by atoms with Crippen molar-refractivity contribution in [2.75, 3.05) is 7.11 Å². The highest BCUT2D eigenvalue weighted by Crippen LogP contribution is 2.22. The highest BCUT2D eigenvalue weighted by atomic mass is 16.5. The van der Waals surface area contributed by atoms with Gasteiger partial charge in [-0.1, -0.05) is 32.9 Å². The van der Waals surface area contributed by atoms with E-state index in [0.717, 1.165) is 11.3 Å². The predicted octanol–water partition coefficient (Wildman–Crippen LogP) is 0.750. The lowest BCUT2D eigenvalue weighted by Gasteiger charge is -2.16. The van der Waals surface area contributed by atoms with Gasteiger partial charge in [0.05, 0.1) is 19.1 Å². The van der Waals surface area contributed by atoms with Crippen LogP contribution in [0.5, 0.6) is 5.75 Å². The Morgan fingerprint density at radius 3 is 2.11 bits per heavy atom. The van der Waals surface area contributed by atoms with Crippen LogP contribution in [0.15, 0.2) is 40.2 Å². The SMILES string of the molecule is COc1ccc(C=c2[nH]c(=O)c(=Cc3nc[nH]c3C(C)(C)C)[nH]c2=O)cc1. The minimum atomic E-state index is -0.391. The largest absolute Gasteiger partial charge is 0.497 e. The molecule has 0 fully saturated rings. The lowest BCUT2D eigenvalue weighted by molar-refractivity contribution is 0.415. The normalized spacial score (nSPS) is 13.2. The van der Waals surface area contributed by atoms with Gasteiger partial charge < -0.3 is 19.7 Å². The fourth-order valence-corrected chi connectivity index (χ4v) is 2.71. The lowest BCUT2D eigenvalue weighted by atomic mass is 9.90. The Morgan fingerprint density at radius 2 is 1.56 bits per heavy atom. The molecule has 7 heteroatoms. The minimum Gasteiger partial charge on any atom is -0.497 e. The van der Waals surface area contributed by atoms with Gasteiger partial charge >= 0.3 is 0 Å². The second-order valence-corrected chi connectivity index (χ2v) is 7.21. The Bertz CT molecular complexity index is 1180. The monoisotopic (exact) mass is 366 g/mol. The third kappa shape index (κ3) is 4.08. The van der Waals surface area contributed by atoms with Crippen LogP contribution in [0.25, 0.3) is 12.2 Å². The van der Waals surface area contributed by atoms with Crippen molar-refractivity contribution >= 4 is 12.2 Å². The van der Waals surface area contributed by atoms with Crippen molar-refractivity contribution in [2.45, 2.75) is 26.2 Å². The smallest absolute Gasteiger partial charge is 0.272 e. The van der Waals surface area contributed by atoms with Gasteiger partial charge in [0, 0.05) is 11.1 Å². The highest BCUT2D eigenvalue weighted by Gasteiger charge is 2.19. The summed E-state index contributed by atoms with van der Waals surface area (Å²) in [4.78, 5) is 37.5. The third-order valence-corrected chi connectivity index (χ3v) is 4.11. The van der Waals surface area contributed by atoms with Crippen LogP contribution in [0.3, 0.4) is 0 Å². The van der Waals surface area contributed by atoms with Crippen LogP contribution in [-0.2, 0) is 5.41 Å². The fourth-order valence-electron chi connectivity index (χ4n) is 2.71. The van der Waals surface area contributed by atoms with Crippen molar-refractivity contribution in [3.63, 3.8) is 0 Å². The molecule has 0 bridgehead atoms. The standard InChI is InChI=1S/C20H22N4O3/c1-20(2,3)17-14(21-11-22-17)10-16-19(26)23-15(18(25)24-16)9-12-5-7-13(27-4)8-6-12/h5-11H,1-4H3,(H,21,22)(H,23,26)(H,24,25). The summed E-state index contributed by atoms with van der Waals surface area (Å²) >= 11 is 0. The summed E-state index contributed by atoms with van der Waals surface area (Å²) in [7, 11) is 1.58. The maximum atomic E-state index is 12.4. The molecule has 0 radical (unpaired) electrons. The molecule has 0 aliphatic rings. The number of rotatable bonds is 3. The van der Waals surface area contributed by atoms with Crippen LogP contribution in [0.2, 0.25) is 0 Å². The summed E-state index contributed by atoms with van der Waals surface area (Å²) in [6, 6.07) is 7.17. The molecule has 0 aliphatic carbocycles. The van der Waals surface area contributed by atoms with Gasteiger partial charge in [-0.05, 0) is 29.8 Å². The second-order valence-electron chi connectivity index (χ2n) is 7.21. The number of hydrogen-bond donors (Lipinski definition) is 3. The molecule has 0 spiro atoms. The zero-order valence-corrected chi connectivity index (χ0v) is 15.7. The maximum Gasteiger partial charge on any atom is 0.272 e. The topological polar surface area (TPSA) is 104 Å². The lowest BCUT2D eigenvalue weighted by Crippen LogP contribution is -2.46. The van der Waals surface area contributed by atoms with Crippen molar-refractivity contribution in [2.24, 2.45) is 0 Å².